The lowest BCUT2D eigenvalue weighted by Gasteiger charge is -2.39. The molecule has 4 unspecified atom stereocenters. The van der Waals surface area contributed by atoms with Crippen molar-refractivity contribution in [1.29, 1.82) is 0 Å². The Balaban J connectivity index is 2.63. The van der Waals surface area contributed by atoms with Gasteiger partial charge in [-0.15, -0.1) is 0 Å². The molecule has 1 saturated heterocycles. The van der Waals surface area contributed by atoms with Crippen LogP contribution in [0.4, 0.5) is 0 Å². The monoisotopic (exact) mass is 176 g/mol. The van der Waals surface area contributed by atoms with Crippen LogP contribution in [-0.4, -0.2) is 46.3 Å². The van der Waals surface area contributed by atoms with E-state index in [9.17, 15) is 10.2 Å². The molecule has 1 rings (SSSR count). The fourth-order valence-corrected chi connectivity index (χ4v) is 1.44. The van der Waals surface area contributed by atoms with Crippen molar-refractivity contribution < 1.29 is 20.1 Å². The van der Waals surface area contributed by atoms with E-state index < -0.39 is 18.3 Å². The largest absolute Gasteiger partial charge is 0.394 e. The maximum Gasteiger partial charge on any atom is 0.109 e. The number of hydrogen-bond donors (Lipinski definition) is 3. The molecule has 0 amide bonds. The maximum absolute atomic E-state index is 9.48. The molecule has 12 heavy (non-hydrogen) atoms. The van der Waals surface area contributed by atoms with Crippen LogP contribution in [0.1, 0.15) is 13.8 Å². The predicted octanol–water partition coefficient (Wildman–Crippen LogP) is -0.876. The minimum atomic E-state index is -0.971. The van der Waals surface area contributed by atoms with Crippen LogP contribution in [0.2, 0.25) is 0 Å². The quantitative estimate of drug-likeness (QED) is 0.485. The van der Waals surface area contributed by atoms with Crippen molar-refractivity contribution >= 4 is 0 Å². The van der Waals surface area contributed by atoms with E-state index in [4.69, 9.17) is 9.84 Å². The SMILES string of the molecule is CC1OC(CO)C(O)[C@@H](O)C1C. The number of aliphatic hydroxyl groups is 3. The zero-order valence-corrected chi connectivity index (χ0v) is 7.34. The maximum atomic E-state index is 9.48. The second-order valence-electron chi connectivity index (χ2n) is 3.40. The smallest absolute Gasteiger partial charge is 0.109 e. The highest BCUT2D eigenvalue weighted by Gasteiger charge is 2.39. The molecule has 0 saturated carbocycles. The fraction of sp³-hybridized carbons (Fsp3) is 1.00. The van der Waals surface area contributed by atoms with Gasteiger partial charge in [0.05, 0.1) is 18.8 Å². The van der Waals surface area contributed by atoms with E-state index in [1.54, 1.807) is 0 Å². The van der Waals surface area contributed by atoms with Crippen LogP contribution in [0.3, 0.4) is 0 Å². The molecule has 0 spiro atoms. The van der Waals surface area contributed by atoms with Gasteiger partial charge in [-0.1, -0.05) is 6.92 Å². The highest BCUT2D eigenvalue weighted by Crippen LogP contribution is 2.25. The summed E-state index contributed by atoms with van der Waals surface area (Å²) in [6.07, 6.45) is -2.54. The van der Waals surface area contributed by atoms with E-state index in [2.05, 4.69) is 0 Å². The number of ether oxygens (including phenoxy) is 1. The molecule has 0 radical (unpaired) electrons. The average molecular weight is 176 g/mol. The van der Waals surface area contributed by atoms with Crippen molar-refractivity contribution in [2.45, 2.75) is 38.3 Å². The standard InChI is InChI=1S/C8H16O4/c1-4-5(2)12-6(3-9)8(11)7(4)10/h4-11H,3H2,1-2H3/t4?,5?,6?,7-,8?/m0/s1. The van der Waals surface area contributed by atoms with Gasteiger partial charge in [0.25, 0.3) is 0 Å². The molecule has 72 valence electrons. The van der Waals surface area contributed by atoms with E-state index in [1.807, 2.05) is 13.8 Å². The first kappa shape index (κ1) is 9.92. The lowest BCUT2D eigenvalue weighted by Crippen LogP contribution is -2.53. The first-order valence-electron chi connectivity index (χ1n) is 4.20. The zero-order chi connectivity index (χ0) is 9.30. The minimum Gasteiger partial charge on any atom is -0.394 e. The predicted molar refractivity (Wildman–Crippen MR) is 42.6 cm³/mol. The summed E-state index contributed by atoms with van der Waals surface area (Å²) in [6, 6.07) is 0. The second kappa shape index (κ2) is 3.70. The summed E-state index contributed by atoms with van der Waals surface area (Å²) >= 11 is 0. The van der Waals surface area contributed by atoms with Gasteiger partial charge in [0.2, 0.25) is 0 Å². The molecule has 0 bridgehead atoms. The van der Waals surface area contributed by atoms with Crippen LogP contribution in [0.5, 0.6) is 0 Å². The van der Waals surface area contributed by atoms with Gasteiger partial charge < -0.3 is 20.1 Å². The number of rotatable bonds is 1. The van der Waals surface area contributed by atoms with Crippen molar-refractivity contribution in [3.8, 4) is 0 Å². The van der Waals surface area contributed by atoms with Crippen molar-refractivity contribution in [3.05, 3.63) is 0 Å². The molecular formula is C8H16O4. The fourth-order valence-electron chi connectivity index (χ4n) is 1.44. The molecule has 0 aliphatic carbocycles. The van der Waals surface area contributed by atoms with Gasteiger partial charge in [-0.2, -0.15) is 0 Å². The third kappa shape index (κ3) is 1.61. The van der Waals surface area contributed by atoms with Gasteiger partial charge in [0.1, 0.15) is 12.2 Å². The van der Waals surface area contributed by atoms with E-state index in [1.165, 1.54) is 0 Å². The van der Waals surface area contributed by atoms with Gasteiger partial charge in [-0.05, 0) is 6.92 Å². The Kier molecular flexibility index (Phi) is 3.06. The molecule has 0 aromatic carbocycles. The first-order chi connectivity index (χ1) is 5.57. The lowest BCUT2D eigenvalue weighted by atomic mass is 9.89. The summed E-state index contributed by atoms with van der Waals surface area (Å²) in [5, 5.41) is 27.7. The van der Waals surface area contributed by atoms with Crippen LogP contribution in [-0.2, 0) is 4.74 Å². The Labute approximate surface area is 71.8 Å². The third-order valence-corrected chi connectivity index (χ3v) is 2.58. The van der Waals surface area contributed by atoms with Gasteiger partial charge in [0, 0.05) is 5.92 Å². The van der Waals surface area contributed by atoms with Crippen molar-refractivity contribution in [2.24, 2.45) is 5.92 Å². The van der Waals surface area contributed by atoms with Crippen LogP contribution >= 0.6 is 0 Å². The molecule has 0 aromatic heterocycles. The van der Waals surface area contributed by atoms with E-state index in [0.29, 0.717) is 0 Å². The molecule has 4 nitrogen and oxygen atoms in total. The van der Waals surface area contributed by atoms with Crippen molar-refractivity contribution in [2.75, 3.05) is 6.61 Å². The van der Waals surface area contributed by atoms with Gasteiger partial charge in [-0.3, -0.25) is 0 Å². The van der Waals surface area contributed by atoms with Gasteiger partial charge in [-0.25, -0.2) is 0 Å². The molecule has 3 N–H and O–H groups in total. The van der Waals surface area contributed by atoms with Gasteiger partial charge >= 0.3 is 0 Å². The molecule has 1 aliphatic rings. The molecule has 4 heteroatoms. The third-order valence-electron chi connectivity index (χ3n) is 2.58. The molecule has 1 aliphatic heterocycles. The number of hydrogen-bond acceptors (Lipinski definition) is 4. The number of aliphatic hydroxyl groups excluding tert-OH is 3. The van der Waals surface area contributed by atoms with Gasteiger partial charge in [0.15, 0.2) is 0 Å². The van der Waals surface area contributed by atoms with Crippen LogP contribution in [0.15, 0.2) is 0 Å². The van der Waals surface area contributed by atoms with Crippen LogP contribution in [0.25, 0.3) is 0 Å². The molecular weight excluding hydrogens is 160 g/mol. The average Bonchev–Trinajstić information content (AvgIpc) is 2.08. The minimum absolute atomic E-state index is 0.0946. The normalized spacial score (nSPS) is 49.2. The van der Waals surface area contributed by atoms with E-state index in [0.717, 1.165) is 0 Å². The highest BCUT2D eigenvalue weighted by molar-refractivity contribution is 4.87. The Bertz CT molecular complexity index is 145. The second-order valence-corrected chi connectivity index (χ2v) is 3.40. The lowest BCUT2D eigenvalue weighted by molar-refractivity contribution is -0.200. The highest BCUT2D eigenvalue weighted by atomic mass is 16.5. The summed E-state index contributed by atoms with van der Waals surface area (Å²) in [7, 11) is 0. The summed E-state index contributed by atoms with van der Waals surface area (Å²) in [5.41, 5.74) is 0. The Morgan fingerprint density at radius 2 is 1.75 bits per heavy atom. The van der Waals surface area contributed by atoms with E-state index in [-0.39, 0.29) is 18.6 Å². The van der Waals surface area contributed by atoms with Crippen molar-refractivity contribution in [1.82, 2.24) is 0 Å². The molecule has 0 aromatic rings. The van der Waals surface area contributed by atoms with Crippen LogP contribution in [0, 0.1) is 5.92 Å². The summed E-state index contributed by atoms with van der Waals surface area (Å²) in [4.78, 5) is 0. The Morgan fingerprint density at radius 3 is 2.25 bits per heavy atom. The summed E-state index contributed by atoms with van der Waals surface area (Å²) in [5.74, 6) is -0.0946. The molecule has 1 heterocycles. The van der Waals surface area contributed by atoms with Crippen molar-refractivity contribution in [3.63, 3.8) is 0 Å². The zero-order valence-electron chi connectivity index (χ0n) is 7.34. The molecule has 1 fully saturated rings. The Morgan fingerprint density at radius 1 is 1.17 bits per heavy atom. The Hall–Kier alpha value is -0.160. The van der Waals surface area contributed by atoms with E-state index >= 15 is 0 Å². The van der Waals surface area contributed by atoms with Crippen LogP contribution < -0.4 is 0 Å². The summed E-state index contributed by atoms with van der Waals surface area (Å²) in [6.45, 7) is 3.38. The summed E-state index contributed by atoms with van der Waals surface area (Å²) < 4.78 is 5.27. The topological polar surface area (TPSA) is 69.9 Å². The first-order valence-corrected chi connectivity index (χ1v) is 4.20. The molecule has 5 atom stereocenters.